The average Bonchev–Trinajstić information content (AvgIpc) is 2.55. The van der Waals surface area contributed by atoms with Gasteiger partial charge in [-0.25, -0.2) is 8.37 Å². The zero-order valence-corrected chi connectivity index (χ0v) is 20.3. The molecular formula is C19H40O9S2. The highest BCUT2D eigenvalue weighted by Gasteiger charge is 2.18. The highest BCUT2D eigenvalue weighted by Crippen LogP contribution is 2.24. The van der Waals surface area contributed by atoms with Gasteiger partial charge in [-0.1, -0.05) is 46.0 Å². The summed E-state index contributed by atoms with van der Waals surface area (Å²) in [5.41, 5.74) is -0.771. The van der Waals surface area contributed by atoms with Crippen LogP contribution in [0.5, 0.6) is 0 Å². The molecule has 0 aromatic heterocycles. The molecule has 0 heterocycles. The van der Waals surface area contributed by atoms with Crippen LogP contribution in [0.25, 0.3) is 0 Å². The molecule has 0 aliphatic rings. The monoisotopic (exact) mass is 476 g/mol. The molecule has 9 nitrogen and oxygen atoms in total. The lowest BCUT2D eigenvalue weighted by atomic mass is 9.90. The van der Waals surface area contributed by atoms with E-state index in [1.54, 1.807) is 13.8 Å². The van der Waals surface area contributed by atoms with Crippen molar-refractivity contribution in [3.8, 4) is 0 Å². The molecule has 0 rings (SSSR count). The van der Waals surface area contributed by atoms with Crippen LogP contribution in [0.1, 0.15) is 85.5 Å². The molecule has 0 aliphatic carbocycles. The highest BCUT2D eigenvalue weighted by atomic mass is 32.3. The Hall–Kier alpha value is -0.300. The predicted molar refractivity (Wildman–Crippen MR) is 115 cm³/mol. The van der Waals surface area contributed by atoms with Crippen molar-refractivity contribution in [2.45, 2.75) is 91.1 Å². The quantitative estimate of drug-likeness (QED) is 0.251. The number of rotatable bonds is 18. The second kappa shape index (κ2) is 14.0. The van der Waals surface area contributed by atoms with E-state index >= 15 is 0 Å². The number of hydrogen-bond donors (Lipinski definition) is 3. The van der Waals surface area contributed by atoms with Crippen molar-refractivity contribution in [3.05, 3.63) is 0 Å². The first-order chi connectivity index (χ1) is 13.6. The van der Waals surface area contributed by atoms with Crippen LogP contribution in [0.2, 0.25) is 0 Å². The molecule has 0 aromatic carbocycles. The Morgan fingerprint density at radius 1 is 0.733 bits per heavy atom. The maximum absolute atomic E-state index is 10.9. The van der Waals surface area contributed by atoms with Crippen molar-refractivity contribution in [1.29, 1.82) is 0 Å². The van der Waals surface area contributed by atoms with E-state index in [0.29, 0.717) is 18.8 Å². The van der Waals surface area contributed by atoms with Gasteiger partial charge in [0.15, 0.2) is 0 Å². The minimum atomic E-state index is -4.46. The van der Waals surface area contributed by atoms with Crippen molar-refractivity contribution in [3.63, 3.8) is 0 Å². The Morgan fingerprint density at radius 3 is 1.67 bits per heavy atom. The summed E-state index contributed by atoms with van der Waals surface area (Å²) < 4.78 is 69.2. The molecule has 182 valence electrons. The summed E-state index contributed by atoms with van der Waals surface area (Å²) in [6.45, 7) is 7.36. The molecule has 0 radical (unpaired) electrons. The minimum absolute atomic E-state index is 0.0147. The summed E-state index contributed by atoms with van der Waals surface area (Å²) >= 11 is 0. The van der Waals surface area contributed by atoms with Crippen molar-refractivity contribution in [2.24, 2.45) is 17.8 Å². The van der Waals surface area contributed by atoms with Gasteiger partial charge in [0.05, 0.1) is 18.8 Å². The van der Waals surface area contributed by atoms with Gasteiger partial charge in [-0.15, -0.1) is 0 Å². The second-order valence-electron chi connectivity index (χ2n) is 9.07. The van der Waals surface area contributed by atoms with Gasteiger partial charge in [-0.05, 0) is 57.3 Å². The Kier molecular flexibility index (Phi) is 13.8. The first-order valence-corrected chi connectivity index (χ1v) is 13.3. The Morgan fingerprint density at radius 2 is 1.17 bits per heavy atom. The summed E-state index contributed by atoms with van der Waals surface area (Å²) in [6, 6.07) is 0. The fraction of sp³-hybridized carbons (Fsp3) is 1.00. The molecule has 3 N–H and O–H groups in total. The summed E-state index contributed by atoms with van der Waals surface area (Å²) in [5.74, 6) is 0.468. The highest BCUT2D eigenvalue weighted by molar-refractivity contribution is 7.81. The van der Waals surface area contributed by atoms with E-state index in [1.807, 2.05) is 6.92 Å². The summed E-state index contributed by atoms with van der Waals surface area (Å²) in [5, 5.41) is 9.82. The Labute approximate surface area is 182 Å². The molecule has 30 heavy (non-hydrogen) atoms. The summed E-state index contributed by atoms with van der Waals surface area (Å²) in [7, 11) is -8.85. The number of hydrogen-bond acceptors (Lipinski definition) is 7. The lowest BCUT2D eigenvalue weighted by Crippen LogP contribution is -2.20. The Balaban J connectivity index is 4.20. The standard InChI is InChI=1S/C19H40O9S2/c1-16(8-5-10-17(2)14-27-29(21,22)23)9-6-11-18(15-28-30(24,25)26)12-7-13-19(3,4)20/h16-18,20H,5-15H2,1-4H3,(H,21,22,23)(H,24,25,26). The van der Waals surface area contributed by atoms with Crippen LogP contribution in [-0.4, -0.2) is 49.9 Å². The van der Waals surface area contributed by atoms with Gasteiger partial charge in [-0.2, -0.15) is 16.8 Å². The molecule has 0 saturated carbocycles. The van der Waals surface area contributed by atoms with E-state index in [-0.39, 0.29) is 25.0 Å². The molecule has 3 unspecified atom stereocenters. The first kappa shape index (κ1) is 29.7. The zero-order valence-electron chi connectivity index (χ0n) is 18.6. The van der Waals surface area contributed by atoms with Gasteiger partial charge in [0.25, 0.3) is 0 Å². The molecular weight excluding hydrogens is 436 g/mol. The van der Waals surface area contributed by atoms with Crippen LogP contribution in [0.15, 0.2) is 0 Å². The Bertz CT molecular complexity index is 654. The van der Waals surface area contributed by atoms with Crippen LogP contribution >= 0.6 is 0 Å². The van der Waals surface area contributed by atoms with Crippen molar-refractivity contribution in [1.82, 2.24) is 0 Å². The summed E-state index contributed by atoms with van der Waals surface area (Å²) in [4.78, 5) is 0. The van der Waals surface area contributed by atoms with Crippen LogP contribution in [0, 0.1) is 17.8 Å². The maximum Gasteiger partial charge on any atom is 0.397 e. The third-order valence-electron chi connectivity index (χ3n) is 5.06. The van der Waals surface area contributed by atoms with E-state index in [0.717, 1.165) is 44.9 Å². The van der Waals surface area contributed by atoms with Gasteiger partial charge in [0.2, 0.25) is 0 Å². The van der Waals surface area contributed by atoms with Gasteiger partial charge >= 0.3 is 20.8 Å². The maximum atomic E-state index is 10.9. The van der Waals surface area contributed by atoms with E-state index in [9.17, 15) is 21.9 Å². The normalized spacial score (nSPS) is 16.4. The molecule has 0 aromatic rings. The molecule has 3 atom stereocenters. The number of aliphatic hydroxyl groups is 1. The molecule has 0 spiro atoms. The van der Waals surface area contributed by atoms with Gasteiger partial charge in [-0.3, -0.25) is 9.11 Å². The molecule has 0 aliphatic heterocycles. The minimum Gasteiger partial charge on any atom is -0.390 e. The lowest BCUT2D eigenvalue weighted by molar-refractivity contribution is 0.0652. The van der Waals surface area contributed by atoms with Crippen molar-refractivity contribution >= 4 is 20.8 Å². The molecule has 11 heteroatoms. The van der Waals surface area contributed by atoms with E-state index in [4.69, 9.17) is 9.11 Å². The van der Waals surface area contributed by atoms with Gasteiger partial charge in [0, 0.05) is 0 Å². The lowest BCUT2D eigenvalue weighted by Gasteiger charge is -2.21. The second-order valence-corrected chi connectivity index (χ2v) is 11.2. The summed E-state index contributed by atoms with van der Waals surface area (Å²) in [6.07, 6.45) is 7.35. The fourth-order valence-electron chi connectivity index (χ4n) is 3.32. The van der Waals surface area contributed by atoms with E-state index < -0.39 is 26.4 Å². The molecule has 0 saturated heterocycles. The average molecular weight is 477 g/mol. The van der Waals surface area contributed by atoms with Crippen LogP contribution in [-0.2, 0) is 29.2 Å². The van der Waals surface area contributed by atoms with Crippen molar-refractivity contribution in [2.75, 3.05) is 13.2 Å². The van der Waals surface area contributed by atoms with Gasteiger partial charge < -0.3 is 5.11 Å². The SMILES string of the molecule is CC(CCCC(C)COS(=O)(=O)O)CCCC(CCCC(C)(C)O)COS(=O)(=O)O. The fourth-order valence-corrected chi connectivity index (χ4v) is 4.08. The topological polar surface area (TPSA) is 147 Å². The van der Waals surface area contributed by atoms with E-state index in [1.165, 1.54) is 0 Å². The van der Waals surface area contributed by atoms with Gasteiger partial charge in [0.1, 0.15) is 0 Å². The van der Waals surface area contributed by atoms with Crippen LogP contribution < -0.4 is 0 Å². The molecule has 0 bridgehead atoms. The first-order valence-electron chi connectivity index (χ1n) is 10.5. The van der Waals surface area contributed by atoms with Crippen LogP contribution in [0.3, 0.4) is 0 Å². The third kappa shape index (κ3) is 21.0. The largest absolute Gasteiger partial charge is 0.397 e. The van der Waals surface area contributed by atoms with E-state index in [2.05, 4.69) is 15.3 Å². The van der Waals surface area contributed by atoms with Crippen molar-refractivity contribution < 1.29 is 39.4 Å². The zero-order chi connectivity index (χ0) is 23.4. The third-order valence-corrected chi connectivity index (χ3v) is 5.93. The smallest absolute Gasteiger partial charge is 0.390 e. The van der Waals surface area contributed by atoms with Crippen LogP contribution in [0.4, 0.5) is 0 Å². The molecule has 0 amide bonds. The molecule has 0 fully saturated rings. The predicted octanol–water partition coefficient (Wildman–Crippen LogP) is 3.80.